The Balaban J connectivity index is 1.75. The third kappa shape index (κ3) is 3.57. The zero-order valence-corrected chi connectivity index (χ0v) is 18.4. The predicted octanol–water partition coefficient (Wildman–Crippen LogP) is 1.28. The second-order valence-electron chi connectivity index (χ2n) is 9.91. The summed E-state index contributed by atoms with van der Waals surface area (Å²) in [5.74, 6) is -0.757. The Kier molecular flexibility index (Phi) is 5.68. The van der Waals surface area contributed by atoms with Crippen LogP contribution in [0.4, 0.5) is 0 Å². The number of nitrogens with zero attached hydrogens (tertiary/aromatic N) is 1. The maximum absolute atomic E-state index is 14.2. The molecule has 4 aliphatic rings. The molecule has 7 heteroatoms. The summed E-state index contributed by atoms with van der Waals surface area (Å²) in [5, 5.41) is 0. The highest BCUT2D eigenvalue weighted by molar-refractivity contribution is 5.96. The number of Topliss-reactive ketones (excluding diaryl/α,β-unsaturated/α-hetero) is 1. The lowest BCUT2D eigenvalue weighted by molar-refractivity contribution is -0.189. The van der Waals surface area contributed by atoms with Crippen molar-refractivity contribution in [2.24, 2.45) is 34.6 Å². The lowest BCUT2D eigenvalue weighted by atomic mass is 9.41. The summed E-state index contributed by atoms with van der Waals surface area (Å²) in [4.78, 5) is 41.3. The Morgan fingerprint density at radius 3 is 2.29 bits per heavy atom. The third-order valence-electron chi connectivity index (χ3n) is 7.95. The van der Waals surface area contributed by atoms with Gasteiger partial charge in [0.25, 0.3) is 0 Å². The molecule has 0 heterocycles. The molecule has 4 atom stereocenters. The van der Waals surface area contributed by atoms with E-state index in [1.165, 1.54) is 12.0 Å². The van der Waals surface area contributed by atoms with Gasteiger partial charge < -0.3 is 21.1 Å². The fourth-order valence-corrected chi connectivity index (χ4v) is 7.06. The molecule has 168 valence electrons. The molecule has 3 unspecified atom stereocenters. The molecule has 1 aromatic carbocycles. The molecular weight excluding hydrogens is 394 g/mol. The van der Waals surface area contributed by atoms with E-state index in [1.807, 2.05) is 30.3 Å². The van der Waals surface area contributed by atoms with Crippen molar-refractivity contribution in [3.8, 4) is 0 Å². The van der Waals surface area contributed by atoms with Crippen molar-refractivity contribution in [1.29, 1.82) is 0 Å². The van der Waals surface area contributed by atoms with Crippen LogP contribution < -0.4 is 11.5 Å². The highest BCUT2D eigenvalue weighted by Gasteiger charge is 2.68. The topological polar surface area (TPSA) is 116 Å². The number of carbonyl (C=O) groups excluding carboxylic acids is 3. The number of amides is 1. The molecule has 5 rings (SSSR count). The quantitative estimate of drug-likeness (QED) is 0.634. The second kappa shape index (κ2) is 8.02. The number of methoxy groups -OCH3 is 1. The minimum Gasteiger partial charge on any atom is -0.469 e. The van der Waals surface area contributed by atoms with Crippen LogP contribution in [0.2, 0.25) is 0 Å². The van der Waals surface area contributed by atoms with Gasteiger partial charge in [0.05, 0.1) is 31.0 Å². The molecule has 0 spiro atoms. The van der Waals surface area contributed by atoms with Gasteiger partial charge in [-0.2, -0.15) is 0 Å². The Hall–Kier alpha value is -2.25. The maximum Gasteiger partial charge on any atom is 0.312 e. The summed E-state index contributed by atoms with van der Waals surface area (Å²) in [5.41, 5.74) is 11.9. The molecule has 1 amide bonds. The summed E-state index contributed by atoms with van der Waals surface area (Å²) >= 11 is 0. The van der Waals surface area contributed by atoms with Gasteiger partial charge in [-0.1, -0.05) is 30.3 Å². The van der Waals surface area contributed by atoms with Crippen LogP contribution in [0.1, 0.15) is 37.7 Å². The fourth-order valence-electron chi connectivity index (χ4n) is 7.06. The Morgan fingerprint density at radius 1 is 1.13 bits per heavy atom. The molecule has 1 aromatic rings. The van der Waals surface area contributed by atoms with E-state index < -0.39 is 22.9 Å². The zero-order valence-electron chi connectivity index (χ0n) is 18.4. The van der Waals surface area contributed by atoms with Gasteiger partial charge in [0.15, 0.2) is 5.78 Å². The van der Waals surface area contributed by atoms with Gasteiger partial charge in [-0.25, -0.2) is 0 Å². The number of ether oxygens (including phenoxy) is 1. The molecule has 0 saturated heterocycles. The molecule has 0 aliphatic heterocycles. The Labute approximate surface area is 183 Å². The average Bonchev–Trinajstić information content (AvgIpc) is 2.74. The Bertz CT molecular complexity index is 857. The van der Waals surface area contributed by atoms with Crippen LogP contribution in [-0.4, -0.2) is 54.8 Å². The van der Waals surface area contributed by atoms with Gasteiger partial charge in [0.1, 0.15) is 0 Å². The average molecular weight is 428 g/mol. The molecule has 0 aromatic heterocycles. The third-order valence-corrected chi connectivity index (χ3v) is 7.95. The number of likely N-dealkylation sites (N-methyl/N-ethyl adjacent to an activating group) is 1. The maximum atomic E-state index is 14.2. The van der Waals surface area contributed by atoms with E-state index in [0.717, 1.165) is 24.8 Å². The van der Waals surface area contributed by atoms with Crippen molar-refractivity contribution in [3.05, 3.63) is 35.9 Å². The fraction of sp³-hybridized carbons (Fsp3) is 0.625. The van der Waals surface area contributed by atoms with Crippen molar-refractivity contribution in [2.45, 2.75) is 50.1 Å². The monoisotopic (exact) mass is 427 g/mol. The number of nitrogens with two attached hydrogens (primary N) is 2. The van der Waals surface area contributed by atoms with Crippen molar-refractivity contribution >= 4 is 17.7 Å². The van der Waals surface area contributed by atoms with Crippen molar-refractivity contribution in [2.75, 3.05) is 20.7 Å². The number of esters is 1. The minimum absolute atomic E-state index is 0.139. The van der Waals surface area contributed by atoms with Gasteiger partial charge in [-0.3, -0.25) is 14.4 Å². The van der Waals surface area contributed by atoms with Gasteiger partial charge in [0, 0.05) is 12.6 Å². The molecule has 4 aliphatic carbocycles. The van der Waals surface area contributed by atoms with Crippen LogP contribution in [0.25, 0.3) is 0 Å². The van der Waals surface area contributed by atoms with E-state index in [9.17, 15) is 14.4 Å². The van der Waals surface area contributed by atoms with Crippen molar-refractivity contribution < 1.29 is 19.1 Å². The van der Waals surface area contributed by atoms with Crippen LogP contribution in [0.3, 0.4) is 0 Å². The van der Waals surface area contributed by atoms with E-state index in [2.05, 4.69) is 0 Å². The number of ketones is 1. The summed E-state index contributed by atoms with van der Waals surface area (Å²) in [6, 6.07) is 8.87. The van der Waals surface area contributed by atoms with E-state index in [1.54, 1.807) is 7.05 Å². The number of hydrogen-bond acceptors (Lipinski definition) is 6. The molecule has 4 bridgehead atoms. The molecule has 4 N–H and O–H groups in total. The Morgan fingerprint density at radius 2 is 1.74 bits per heavy atom. The highest BCUT2D eigenvalue weighted by Crippen LogP contribution is 2.64. The van der Waals surface area contributed by atoms with E-state index in [0.29, 0.717) is 31.1 Å². The highest BCUT2D eigenvalue weighted by atomic mass is 16.5. The summed E-state index contributed by atoms with van der Waals surface area (Å²) in [6.45, 7) is -0.181. The first-order valence-electron chi connectivity index (χ1n) is 11.1. The first kappa shape index (κ1) is 22.0. The minimum atomic E-state index is -0.897. The lowest BCUT2D eigenvalue weighted by Crippen LogP contribution is -2.72. The number of carbonyl (C=O) groups is 3. The van der Waals surface area contributed by atoms with Gasteiger partial charge in [-0.05, 0) is 55.9 Å². The standard InChI is InChI=1S/C24H33N3O4/c1-27(19(28)14-25)18(9-15-6-4-3-5-7-15)20(29)21-23(22(30)31-2)10-16-8-17(11-23)13-24(21,26)12-16/h3-7,16-18,21H,8-14,25-26H2,1-2H3/t16?,17?,18-,21?,23?,24?/m0/s1. The molecule has 4 saturated carbocycles. The van der Waals surface area contributed by atoms with Crippen molar-refractivity contribution in [1.82, 2.24) is 4.90 Å². The normalized spacial score (nSPS) is 34.3. The van der Waals surface area contributed by atoms with Gasteiger partial charge in [0.2, 0.25) is 5.91 Å². The predicted molar refractivity (Wildman–Crippen MR) is 116 cm³/mol. The first-order valence-corrected chi connectivity index (χ1v) is 11.1. The molecule has 0 radical (unpaired) electrons. The second-order valence-corrected chi connectivity index (χ2v) is 9.91. The van der Waals surface area contributed by atoms with Crippen LogP contribution in [0.15, 0.2) is 30.3 Å². The number of rotatable bonds is 7. The zero-order chi connectivity index (χ0) is 22.4. The summed E-state index contributed by atoms with van der Waals surface area (Å²) in [6.07, 6.45) is 4.18. The van der Waals surface area contributed by atoms with Gasteiger partial charge in [-0.15, -0.1) is 0 Å². The molecule has 31 heavy (non-hydrogen) atoms. The van der Waals surface area contributed by atoms with E-state index in [-0.39, 0.29) is 24.2 Å². The van der Waals surface area contributed by atoms with Crippen LogP contribution in [0.5, 0.6) is 0 Å². The van der Waals surface area contributed by atoms with E-state index >= 15 is 0 Å². The molecular formula is C24H33N3O4. The van der Waals surface area contributed by atoms with Crippen molar-refractivity contribution in [3.63, 3.8) is 0 Å². The SMILES string of the molecule is COC(=O)C12CC3CC(CC(N)(C3)C1C(=O)[C@H](Cc1ccccc1)N(C)C(=O)CN)C2. The van der Waals surface area contributed by atoms with Gasteiger partial charge >= 0.3 is 5.97 Å². The van der Waals surface area contributed by atoms with Crippen LogP contribution in [0, 0.1) is 23.2 Å². The smallest absolute Gasteiger partial charge is 0.312 e. The first-order chi connectivity index (χ1) is 14.7. The summed E-state index contributed by atoms with van der Waals surface area (Å²) < 4.78 is 5.24. The molecule has 4 fully saturated rings. The van der Waals surface area contributed by atoms with Crippen LogP contribution >= 0.6 is 0 Å². The number of hydrogen-bond donors (Lipinski definition) is 2. The molecule has 7 nitrogen and oxygen atoms in total. The summed E-state index contributed by atoms with van der Waals surface area (Å²) in [7, 11) is 3.00. The largest absolute Gasteiger partial charge is 0.469 e. The van der Waals surface area contributed by atoms with Crippen LogP contribution in [-0.2, 0) is 25.5 Å². The lowest BCUT2D eigenvalue weighted by Gasteiger charge is -2.63. The van der Waals surface area contributed by atoms with E-state index in [4.69, 9.17) is 16.2 Å². The number of benzene rings is 1.